The number of nitrogens with zero attached hydrogens (tertiary/aromatic N) is 4. The lowest BCUT2D eigenvalue weighted by atomic mass is 9.98. The maximum atomic E-state index is 12.9. The summed E-state index contributed by atoms with van der Waals surface area (Å²) in [5, 5.41) is 26.3. The van der Waals surface area contributed by atoms with Gasteiger partial charge in [-0.3, -0.25) is 4.98 Å². The molecule has 15 heteroatoms. The Balaban J connectivity index is 1.18. The Morgan fingerprint density at radius 1 is 1.05 bits per heavy atom. The number of anilines is 1. The summed E-state index contributed by atoms with van der Waals surface area (Å²) < 4.78 is 50.0. The van der Waals surface area contributed by atoms with Crippen LogP contribution in [0.15, 0.2) is 42.7 Å². The van der Waals surface area contributed by atoms with Crippen molar-refractivity contribution in [2.45, 2.75) is 62.8 Å². The summed E-state index contributed by atoms with van der Waals surface area (Å²) in [6, 6.07) is 8.55. The smallest absolute Gasteiger partial charge is 0.434 e. The van der Waals surface area contributed by atoms with Crippen molar-refractivity contribution in [1.29, 1.82) is 0 Å². The van der Waals surface area contributed by atoms with E-state index < -0.39 is 53.9 Å². The van der Waals surface area contributed by atoms with Gasteiger partial charge in [0, 0.05) is 32.7 Å². The third kappa shape index (κ3) is 8.91. The Bertz CT molecular complexity index is 1230. The Labute approximate surface area is 247 Å². The van der Waals surface area contributed by atoms with Crippen LogP contribution >= 0.6 is 0 Å². The molecule has 0 unspecified atom stereocenters. The molecule has 236 valence electrons. The summed E-state index contributed by atoms with van der Waals surface area (Å²) in [7, 11) is 0. The van der Waals surface area contributed by atoms with E-state index in [4.69, 9.17) is 9.47 Å². The van der Waals surface area contributed by atoms with Crippen molar-refractivity contribution >= 4 is 17.9 Å². The van der Waals surface area contributed by atoms with E-state index >= 15 is 0 Å². The predicted molar refractivity (Wildman–Crippen MR) is 148 cm³/mol. The standard InChI is InChI=1S/C28H37F3N6O6/c1-27(2,9-8-18-6-4-3-5-7-18)43-26(41)37-12-10-36(11-13-37)25(40)33-14-20-24(39)23(38)19(17-42-20)34-22-16-32-15-21(35-22)28(29,30)31/h3-7,15-16,19-20,23-24,38-39H,8-14,17H2,1-2H3,(H,33,40)(H,34,35)/t19-,20+,23+,24-/m0/s1. The second-order valence-corrected chi connectivity index (χ2v) is 11.2. The van der Waals surface area contributed by atoms with Crippen LogP contribution in [-0.2, 0) is 22.1 Å². The van der Waals surface area contributed by atoms with Gasteiger partial charge >= 0.3 is 18.3 Å². The predicted octanol–water partition coefficient (Wildman–Crippen LogP) is 2.27. The number of urea groups is 1. The van der Waals surface area contributed by atoms with Gasteiger partial charge in [-0.1, -0.05) is 30.3 Å². The van der Waals surface area contributed by atoms with Gasteiger partial charge in [-0.15, -0.1) is 0 Å². The molecule has 1 aromatic heterocycles. The minimum atomic E-state index is -4.69. The molecular formula is C28H37F3N6O6. The number of hydrogen-bond donors (Lipinski definition) is 4. The lowest BCUT2D eigenvalue weighted by Crippen LogP contribution is -2.59. The van der Waals surface area contributed by atoms with Crippen molar-refractivity contribution in [3.8, 4) is 0 Å². The third-order valence-corrected chi connectivity index (χ3v) is 7.39. The number of alkyl halides is 3. The van der Waals surface area contributed by atoms with Gasteiger partial charge in [-0.2, -0.15) is 13.2 Å². The zero-order chi connectivity index (χ0) is 31.2. The molecule has 43 heavy (non-hydrogen) atoms. The topological polar surface area (TPSA) is 149 Å². The van der Waals surface area contributed by atoms with Crippen LogP contribution in [0.5, 0.6) is 0 Å². The van der Waals surface area contributed by atoms with Gasteiger partial charge < -0.3 is 40.1 Å². The highest BCUT2D eigenvalue weighted by molar-refractivity contribution is 5.75. The quantitative estimate of drug-likeness (QED) is 0.353. The summed E-state index contributed by atoms with van der Waals surface area (Å²) in [6.07, 6.45) is -5.88. The number of hydrogen-bond acceptors (Lipinski definition) is 9. The van der Waals surface area contributed by atoms with Crippen molar-refractivity contribution < 1.29 is 42.4 Å². The number of nitrogens with one attached hydrogen (secondary N) is 2. The molecule has 4 N–H and O–H groups in total. The average molecular weight is 611 g/mol. The average Bonchev–Trinajstić information content (AvgIpc) is 2.98. The number of piperazine rings is 1. The van der Waals surface area contributed by atoms with Crippen LogP contribution in [0, 0.1) is 0 Å². The molecule has 2 aliphatic heterocycles. The Morgan fingerprint density at radius 2 is 1.72 bits per heavy atom. The van der Waals surface area contributed by atoms with Crippen molar-refractivity contribution in [3.05, 3.63) is 54.0 Å². The van der Waals surface area contributed by atoms with E-state index in [1.165, 1.54) is 4.90 Å². The molecular weight excluding hydrogens is 573 g/mol. The van der Waals surface area contributed by atoms with E-state index in [2.05, 4.69) is 20.6 Å². The van der Waals surface area contributed by atoms with E-state index in [0.29, 0.717) is 12.6 Å². The summed E-state index contributed by atoms with van der Waals surface area (Å²) in [5.74, 6) is -0.236. The summed E-state index contributed by atoms with van der Waals surface area (Å²) in [6.45, 7) is 4.56. The van der Waals surface area contributed by atoms with Crippen LogP contribution < -0.4 is 10.6 Å². The minimum Gasteiger partial charge on any atom is -0.443 e. The fourth-order valence-corrected chi connectivity index (χ4v) is 4.78. The molecule has 2 fully saturated rings. The van der Waals surface area contributed by atoms with Crippen molar-refractivity contribution in [2.75, 3.05) is 44.6 Å². The minimum absolute atomic E-state index is 0.120. The Hall–Kier alpha value is -3.69. The van der Waals surface area contributed by atoms with Gasteiger partial charge in [-0.05, 0) is 32.3 Å². The van der Waals surface area contributed by atoms with Gasteiger partial charge in [-0.25, -0.2) is 14.6 Å². The highest BCUT2D eigenvalue weighted by Gasteiger charge is 2.40. The van der Waals surface area contributed by atoms with Crippen molar-refractivity contribution in [3.63, 3.8) is 0 Å². The van der Waals surface area contributed by atoms with Crippen molar-refractivity contribution in [1.82, 2.24) is 25.1 Å². The van der Waals surface area contributed by atoms with Crippen LogP contribution in [-0.4, -0.2) is 111 Å². The number of ether oxygens (including phenoxy) is 2. The van der Waals surface area contributed by atoms with Crippen LogP contribution in [0.2, 0.25) is 0 Å². The van der Waals surface area contributed by atoms with Gasteiger partial charge in [0.25, 0.3) is 0 Å². The number of benzene rings is 1. The molecule has 3 amide bonds. The molecule has 2 aromatic rings. The van der Waals surface area contributed by atoms with Crippen molar-refractivity contribution in [2.24, 2.45) is 0 Å². The number of amides is 3. The van der Waals surface area contributed by atoms with Gasteiger partial charge in [0.1, 0.15) is 29.7 Å². The molecule has 3 heterocycles. The molecule has 0 bridgehead atoms. The third-order valence-electron chi connectivity index (χ3n) is 7.39. The first-order valence-corrected chi connectivity index (χ1v) is 14.0. The second kappa shape index (κ2) is 13.7. The van der Waals surface area contributed by atoms with Gasteiger partial charge in [0.2, 0.25) is 0 Å². The van der Waals surface area contributed by atoms with E-state index in [1.807, 2.05) is 44.2 Å². The lowest BCUT2D eigenvalue weighted by Gasteiger charge is -2.39. The fourth-order valence-electron chi connectivity index (χ4n) is 4.78. The van der Waals surface area contributed by atoms with Crippen LogP contribution in [0.4, 0.5) is 28.6 Å². The molecule has 1 aromatic carbocycles. The summed E-state index contributed by atoms with van der Waals surface area (Å²) in [5.41, 5.74) is -0.708. The maximum Gasteiger partial charge on any atom is 0.434 e. The molecule has 0 spiro atoms. The van der Waals surface area contributed by atoms with Gasteiger partial charge in [0.05, 0.1) is 25.0 Å². The Kier molecular flexibility index (Phi) is 10.3. The van der Waals surface area contributed by atoms with E-state index in [-0.39, 0.29) is 45.1 Å². The second-order valence-electron chi connectivity index (χ2n) is 11.2. The molecule has 12 nitrogen and oxygen atoms in total. The van der Waals surface area contributed by atoms with Crippen LogP contribution in [0.1, 0.15) is 31.5 Å². The zero-order valence-electron chi connectivity index (χ0n) is 24.0. The monoisotopic (exact) mass is 610 g/mol. The number of rotatable bonds is 8. The number of aliphatic hydroxyl groups is 2. The molecule has 2 saturated heterocycles. The van der Waals surface area contributed by atoms with Gasteiger partial charge in [0.15, 0.2) is 5.69 Å². The molecule has 0 aliphatic carbocycles. The lowest BCUT2D eigenvalue weighted by molar-refractivity contribution is -0.141. The van der Waals surface area contributed by atoms with E-state index in [0.717, 1.165) is 18.2 Å². The number of aromatic nitrogens is 2. The first-order valence-electron chi connectivity index (χ1n) is 14.0. The number of aryl methyl sites for hydroxylation is 1. The first kappa shape index (κ1) is 32.2. The summed E-state index contributed by atoms with van der Waals surface area (Å²) >= 11 is 0. The molecule has 0 saturated carbocycles. The number of halogens is 3. The van der Waals surface area contributed by atoms with Crippen LogP contribution in [0.3, 0.4) is 0 Å². The molecule has 0 radical (unpaired) electrons. The SMILES string of the molecule is CC(C)(CCc1ccccc1)OC(=O)N1CCN(C(=O)NC[C@H]2OC[C@H](Nc3cncc(C(F)(F)F)n3)[C@@H](O)[C@H]2O)CC1. The first-order chi connectivity index (χ1) is 20.3. The molecule has 4 rings (SSSR count). The number of carbonyl (C=O) groups is 2. The molecule has 2 aliphatic rings. The largest absolute Gasteiger partial charge is 0.443 e. The Morgan fingerprint density at radius 3 is 2.40 bits per heavy atom. The highest BCUT2D eigenvalue weighted by atomic mass is 19.4. The molecule has 4 atom stereocenters. The van der Waals surface area contributed by atoms with E-state index in [1.54, 1.807) is 4.90 Å². The maximum absolute atomic E-state index is 12.9. The zero-order valence-corrected chi connectivity index (χ0v) is 24.0. The number of carbonyl (C=O) groups excluding carboxylic acids is 2. The van der Waals surface area contributed by atoms with E-state index in [9.17, 15) is 33.0 Å². The fraction of sp³-hybridized carbons (Fsp3) is 0.571. The normalized spacial score (nSPS) is 23.0. The van der Waals surface area contributed by atoms with Crippen LogP contribution in [0.25, 0.3) is 0 Å². The number of aliphatic hydroxyl groups excluding tert-OH is 2. The summed E-state index contributed by atoms with van der Waals surface area (Å²) in [4.78, 5) is 35.5. The highest BCUT2D eigenvalue weighted by Crippen LogP contribution is 2.28.